The summed E-state index contributed by atoms with van der Waals surface area (Å²) in [5, 5.41) is 3.59. The van der Waals surface area contributed by atoms with Gasteiger partial charge in [0.1, 0.15) is 11.6 Å². The van der Waals surface area contributed by atoms with Gasteiger partial charge in [0, 0.05) is 31.0 Å². The number of methoxy groups -OCH3 is 1. The molecule has 124 valence electrons. The Morgan fingerprint density at radius 1 is 1.52 bits per heavy atom. The Morgan fingerprint density at radius 2 is 2.35 bits per heavy atom. The fraction of sp³-hybridized carbons (Fsp3) is 0.333. The molecule has 1 aromatic heterocycles. The number of imidazole rings is 1. The van der Waals surface area contributed by atoms with Crippen LogP contribution in [0.1, 0.15) is 12.2 Å². The van der Waals surface area contributed by atoms with Crippen LogP contribution in [-0.4, -0.2) is 28.7 Å². The summed E-state index contributed by atoms with van der Waals surface area (Å²) in [6.07, 6.45) is 5.58. The zero-order valence-corrected chi connectivity index (χ0v) is 15.8. The van der Waals surface area contributed by atoms with Gasteiger partial charge in [0.15, 0.2) is 5.96 Å². The molecular weight excluding hydrogens is 429 g/mol. The van der Waals surface area contributed by atoms with Crippen LogP contribution < -0.4 is 15.8 Å². The molecule has 23 heavy (non-hydrogen) atoms. The molecule has 0 fully saturated rings. The number of nitrogens with two attached hydrogens (primary N) is 1. The highest BCUT2D eigenvalue weighted by atomic mass is 127. The number of nitrogens with one attached hydrogen (secondary N) is 1. The van der Waals surface area contributed by atoms with E-state index in [2.05, 4.69) is 19.9 Å². The van der Waals surface area contributed by atoms with Crippen molar-refractivity contribution in [1.29, 1.82) is 0 Å². The number of ether oxygens (including phenoxy) is 1. The third-order valence-electron chi connectivity index (χ3n) is 3.67. The highest BCUT2D eigenvalue weighted by Crippen LogP contribution is 2.27. The summed E-state index contributed by atoms with van der Waals surface area (Å²) in [6, 6.07) is 5.54. The van der Waals surface area contributed by atoms with Gasteiger partial charge in [-0.2, -0.15) is 0 Å². The number of rotatable bonds is 3. The molecule has 0 bridgehead atoms. The lowest BCUT2D eigenvalue weighted by Crippen LogP contribution is -2.29. The molecule has 8 heteroatoms. The molecule has 6 nitrogen and oxygen atoms in total. The minimum absolute atomic E-state index is 0. The molecule has 1 unspecified atom stereocenters. The molecule has 1 aliphatic heterocycles. The van der Waals surface area contributed by atoms with E-state index in [1.54, 1.807) is 19.2 Å². The number of anilines is 1. The zero-order chi connectivity index (χ0) is 15.5. The topological polar surface area (TPSA) is 77.5 Å². The molecule has 0 radical (unpaired) electrons. The van der Waals surface area contributed by atoms with E-state index >= 15 is 0 Å². The normalized spacial score (nSPS) is 17.1. The van der Waals surface area contributed by atoms with Gasteiger partial charge in [-0.3, -0.25) is 0 Å². The summed E-state index contributed by atoms with van der Waals surface area (Å²) in [7, 11) is 1.58. The largest absolute Gasteiger partial charge is 0.495 e. The van der Waals surface area contributed by atoms with Crippen molar-refractivity contribution >= 4 is 47.2 Å². The highest BCUT2D eigenvalue weighted by Gasteiger charge is 2.18. The van der Waals surface area contributed by atoms with Crippen LogP contribution in [0.2, 0.25) is 5.02 Å². The first kappa shape index (κ1) is 17.9. The molecule has 1 atom stereocenters. The second-order valence-corrected chi connectivity index (χ2v) is 5.58. The number of halogens is 2. The van der Waals surface area contributed by atoms with E-state index in [0.29, 0.717) is 16.7 Å². The van der Waals surface area contributed by atoms with Crippen LogP contribution in [0.5, 0.6) is 5.75 Å². The fourth-order valence-corrected chi connectivity index (χ4v) is 2.82. The minimum Gasteiger partial charge on any atom is -0.495 e. The molecule has 0 saturated heterocycles. The smallest absolute Gasteiger partial charge is 0.193 e. The Bertz CT molecular complexity index is 703. The van der Waals surface area contributed by atoms with Crippen LogP contribution in [-0.2, 0) is 13.0 Å². The first-order valence-corrected chi connectivity index (χ1v) is 7.47. The zero-order valence-electron chi connectivity index (χ0n) is 12.7. The maximum Gasteiger partial charge on any atom is 0.193 e. The lowest BCUT2D eigenvalue weighted by Gasteiger charge is -2.20. The quantitative estimate of drug-likeness (QED) is 0.431. The van der Waals surface area contributed by atoms with Gasteiger partial charge >= 0.3 is 0 Å². The summed E-state index contributed by atoms with van der Waals surface area (Å²) in [5.74, 6) is 2.06. The Labute approximate surface area is 157 Å². The number of nitrogens with zero attached hydrogens (tertiary/aromatic N) is 3. The third-order valence-corrected chi connectivity index (χ3v) is 3.96. The van der Waals surface area contributed by atoms with E-state index in [-0.39, 0.29) is 30.0 Å². The predicted octanol–water partition coefficient (Wildman–Crippen LogP) is 2.90. The van der Waals surface area contributed by atoms with Crippen molar-refractivity contribution in [3.05, 3.63) is 41.4 Å². The van der Waals surface area contributed by atoms with Gasteiger partial charge in [-0.05, 0) is 24.6 Å². The van der Waals surface area contributed by atoms with Crippen molar-refractivity contribution in [3.8, 4) is 5.75 Å². The fourth-order valence-electron chi connectivity index (χ4n) is 2.57. The Balaban J connectivity index is 0.00000192. The monoisotopic (exact) mass is 447 g/mol. The average molecular weight is 448 g/mol. The lowest BCUT2D eigenvalue weighted by atomic mass is 10.1. The molecule has 2 aromatic rings. The maximum atomic E-state index is 6.09. The van der Waals surface area contributed by atoms with E-state index in [1.807, 2.05) is 18.5 Å². The summed E-state index contributed by atoms with van der Waals surface area (Å²) in [6.45, 7) is 0.922. The molecule has 0 amide bonds. The molecule has 0 saturated carbocycles. The number of hydrogen-bond donors (Lipinski definition) is 2. The average Bonchev–Trinajstić information content (AvgIpc) is 2.95. The van der Waals surface area contributed by atoms with E-state index < -0.39 is 0 Å². The standard InChI is InChI=1S/C15H18ClN5O.HI/c1-22-13-3-2-10(8-12(13)16)19-15(17)20-11-4-6-21-7-5-18-14(21)9-11;/h2-3,5,7-8,11H,4,6,9H2,1H3,(H3,17,19,20);1H. The Kier molecular flexibility index (Phi) is 6.11. The van der Waals surface area contributed by atoms with Gasteiger partial charge < -0.3 is 20.4 Å². The van der Waals surface area contributed by atoms with Gasteiger partial charge in [0.05, 0.1) is 18.2 Å². The minimum atomic E-state index is 0. The number of hydrogen-bond acceptors (Lipinski definition) is 3. The third kappa shape index (κ3) is 4.29. The SMILES string of the molecule is COc1ccc(NC(N)=NC2CCn3ccnc3C2)cc1Cl.I. The van der Waals surface area contributed by atoms with Gasteiger partial charge in [0.2, 0.25) is 0 Å². The number of aromatic nitrogens is 2. The highest BCUT2D eigenvalue weighted by molar-refractivity contribution is 14.0. The van der Waals surface area contributed by atoms with Gasteiger partial charge in [-0.1, -0.05) is 11.6 Å². The molecule has 0 spiro atoms. The predicted molar refractivity (Wildman–Crippen MR) is 103 cm³/mol. The van der Waals surface area contributed by atoms with Crippen molar-refractivity contribution in [1.82, 2.24) is 9.55 Å². The summed E-state index contributed by atoms with van der Waals surface area (Å²) in [4.78, 5) is 8.87. The number of aliphatic imine (C=N–C) groups is 1. The molecule has 1 aromatic carbocycles. The summed E-state index contributed by atoms with van der Waals surface area (Å²) in [5.41, 5.74) is 6.77. The molecule has 1 aliphatic rings. The van der Waals surface area contributed by atoms with E-state index in [9.17, 15) is 0 Å². The van der Waals surface area contributed by atoms with Crippen LogP contribution in [0, 0.1) is 0 Å². The van der Waals surface area contributed by atoms with Gasteiger partial charge in [-0.25, -0.2) is 9.98 Å². The maximum absolute atomic E-state index is 6.09. The lowest BCUT2D eigenvalue weighted by molar-refractivity contribution is 0.415. The summed E-state index contributed by atoms with van der Waals surface area (Å²) >= 11 is 6.09. The van der Waals surface area contributed by atoms with Crippen LogP contribution in [0.25, 0.3) is 0 Å². The van der Waals surface area contributed by atoms with Gasteiger partial charge in [0.25, 0.3) is 0 Å². The second kappa shape index (κ2) is 7.87. The molecule has 3 N–H and O–H groups in total. The van der Waals surface area contributed by atoms with Crippen molar-refractivity contribution in [2.45, 2.75) is 25.4 Å². The Hall–Kier alpha value is -1.48. The first-order chi connectivity index (χ1) is 10.7. The second-order valence-electron chi connectivity index (χ2n) is 5.17. The molecule has 0 aliphatic carbocycles. The van der Waals surface area contributed by atoms with Crippen molar-refractivity contribution in [2.75, 3.05) is 12.4 Å². The number of guanidine groups is 1. The van der Waals surface area contributed by atoms with Crippen LogP contribution in [0.4, 0.5) is 5.69 Å². The van der Waals surface area contributed by atoms with Crippen LogP contribution in [0.15, 0.2) is 35.6 Å². The van der Waals surface area contributed by atoms with Crippen LogP contribution >= 0.6 is 35.6 Å². The van der Waals surface area contributed by atoms with Crippen LogP contribution in [0.3, 0.4) is 0 Å². The van der Waals surface area contributed by atoms with E-state index in [0.717, 1.165) is 30.9 Å². The van der Waals surface area contributed by atoms with E-state index in [1.165, 1.54) is 0 Å². The molecular formula is C15H19ClIN5O. The van der Waals surface area contributed by atoms with Crippen molar-refractivity contribution < 1.29 is 4.74 Å². The first-order valence-electron chi connectivity index (χ1n) is 7.09. The van der Waals surface area contributed by atoms with Crippen molar-refractivity contribution in [2.24, 2.45) is 10.7 Å². The van der Waals surface area contributed by atoms with Gasteiger partial charge in [-0.15, -0.1) is 24.0 Å². The summed E-state index contributed by atoms with van der Waals surface area (Å²) < 4.78 is 7.27. The number of fused-ring (bicyclic) bond motifs is 1. The molecule has 2 heterocycles. The number of aryl methyl sites for hydroxylation is 1. The van der Waals surface area contributed by atoms with E-state index in [4.69, 9.17) is 22.1 Å². The molecule has 3 rings (SSSR count). The number of benzene rings is 1. The Morgan fingerprint density at radius 3 is 3.09 bits per heavy atom. The van der Waals surface area contributed by atoms with Crippen molar-refractivity contribution in [3.63, 3.8) is 0 Å².